The highest BCUT2D eigenvalue weighted by atomic mass is 16.7. The smallest absolute Gasteiger partial charge is 0.361 e. The predicted molar refractivity (Wildman–Crippen MR) is 262 cm³/mol. The van der Waals surface area contributed by atoms with Gasteiger partial charge in [-0.15, -0.1) is 0 Å². The maximum absolute atomic E-state index is 12.8. The van der Waals surface area contributed by atoms with Crippen LogP contribution in [0.4, 0.5) is 0 Å². The van der Waals surface area contributed by atoms with Crippen LogP contribution in [0.2, 0.25) is 0 Å². The Bertz CT molecular complexity index is 1440. The minimum atomic E-state index is -1.54. The predicted octanol–water partition coefficient (Wildman–Crippen LogP) is 13.0. The number of likely N-dealkylation sites (N-methyl/N-ethyl adjacent to an activating group) is 1. The Kier molecular flexibility index (Phi) is 41.3. The van der Waals surface area contributed by atoms with Gasteiger partial charge in [0.05, 0.1) is 34.4 Å². The zero-order valence-corrected chi connectivity index (χ0v) is 39.9. The van der Waals surface area contributed by atoms with Crippen molar-refractivity contribution in [3.8, 4) is 0 Å². The lowest BCUT2D eigenvalue weighted by molar-refractivity contribution is -0.870. The molecule has 0 radical (unpaired) electrons. The summed E-state index contributed by atoms with van der Waals surface area (Å²) in [7, 11) is 5.91. The molecule has 0 bridgehead atoms. The largest absolute Gasteiger partial charge is 0.477 e. The van der Waals surface area contributed by atoms with E-state index in [9.17, 15) is 19.5 Å². The lowest BCUT2D eigenvalue weighted by Gasteiger charge is -2.25. The van der Waals surface area contributed by atoms with Gasteiger partial charge in [-0.25, -0.2) is 4.79 Å². The summed E-state index contributed by atoms with van der Waals surface area (Å²) in [5.41, 5.74) is 0. The molecule has 0 aliphatic rings. The molecule has 0 spiro atoms. The summed E-state index contributed by atoms with van der Waals surface area (Å²) in [6.45, 7) is 4.50. The van der Waals surface area contributed by atoms with E-state index in [1.807, 2.05) is 33.3 Å². The summed E-state index contributed by atoms with van der Waals surface area (Å²) in [6, 6.07) is 0. The Labute approximate surface area is 383 Å². The van der Waals surface area contributed by atoms with E-state index in [2.05, 4.69) is 123 Å². The number of hydrogen-bond acceptors (Lipinski definition) is 7. The first kappa shape index (κ1) is 58.7. The van der Waals surface area contributed by atoms with Gasteiger partial charge in [0.1, 0.15) is 13.2 Å². The molecule has 0 aromatic rings. The first-order valence-electron chi connectivity index (χ1n) is 23.7. The number of aliphatic carboxylic acids is 1. The van der Waals surface area contributed by atoms with Crippen molar-refractivity contribution in [1.29, 1.82) is 0 Å². The fraction of sp³-hybridized carbons (Fsp3) is 0.574. The van der Waals surface area contributed by atoms with Crippen LogP contribution in [-0.2, 0) is 33.3 Å². The molecule has 0 heterocycles. The van der Waals surface area contributed by atoms with Crippen LogP contribution in [0.1, 0.15) is 142 Å². The zero-order chi connectivity index (χ0) is 46.3. The van der Waals surface area contributed by atoms with E-state index >= 15 is 0 Å². The molecule has 63 heavy (non-hydrogen) atoms. The van der Waals surface area contributed by atoms with E-state index in [0.717, 1.165) is 103 Å². The quantitative estimate of drug-likeness (QED) is 0.0213. The van der Waals surface area contributed by atoms with Gasteiger partial charge in [0, 0.05) is 12.8 Å². The standard InChI is InChI=1S/C54H85NO8/c1-6-8-10-12-14-16-18-20-22-24-26-28-30-32-34-36-38-40-42-44-51(56)61-48-50(49-62-54(53(58)59)60-47-46-55(3,4)5)63-52(57)45-43-41-39-37-35-33-31-29-27-25-23-21-19-17-15-13-11-9-7-2/h8-11,14-17,20-23,26-29,33,35,39,41,50,54H,6-7,12-13,18-19,24-25,30-32,34,36-38,40,42-49H2,1-5H3/p+1/b10-8-,11-9-,16-14-,17-15-,22-20-,23-21-,28-26-,29-27-,35-33-,41-39-. The van der Waals surface area contributed by atoms with E-state index in [-0.39, 0.29) is 38.6 Å². The number of carboxylic acid groups (broad SMARTS) is 1. The third-order valence-corrected chi connectivity index (χ3v) is 9.23. The van der Waals surface area contributed by atoms with E-state index < -0.39 is 24.3 Å². The Morgan fingerprint density at radius 1 is 0.476 bits per heavy atom. The van der Waals surface area contributed by atoms with Crippen molar-refractivity contribution in [1.82, 2.24) is 0 Å². The lowest BCUT2D eigenvalue weighted by atomic mass is 10.1. The first-order chi connectivity index (χ1) is 30.6. The molecule has 354 valence electrons. The van der Waals surface area contributed by atoms with Crippen LogP contribution in [0.3, 0.4) is 0 Å². The molecule has 2 unspecified atom stereocenters. The van der Waals surface area contributed by atoms with Crippen LogP contribution in [0.5, 0.6) is 0 Å². The molecule has 9 heteroatoms. The highest BCUT2D eigenvalue weighted by Crippen LogP contribution is 2.11. The maximum atomic E-state index is 12.8. The van der Waals surface area contributed by atoms with Crippen LogP contribution < -0.4 is 0 Å². The second kappa shape index (κ2) is 44.3. The average molecular weight is 877 g/mol. The van der Waals surface area contributed by atoms with Gasteiger partial charge in [-0.2, -0.15) is 0 Å². The molecule has 0 aromatic heterocycles. The van der Waals surface area contributed by atoms with Crippen molar-refractivity contribution >= 4 is 17.9 Å². The maximum Gasteiger partial charge on any atom is 0.361 e. The summed E-state index contributed by atoms with van der Waals surface area (Å²) in [5, 5.41) is 9.65. The molecule has 1 N–H and O–H groups in total. The molecule has 0 fully saturated rings. The molecule has 0 saturated carbocycles. The van der Waals surface area contributed by atoms with Crippen LogP contribution in [-0.4, -0.2) is 87.4 Å². The third kappa shape index (κ3) is 45.5. The Hall–Kier alpha value is -4.31. The van der Waals surface area contributed by atoms with Crippen molar-refractivity contribution in [3.63, 3.8) is 0 Å². The molecule has 0 aliphatic carbocycles. The van der Waals surface area contributed by atoms with Crippen LogP contribution >= 0.6 is 0 Å². The summed E-state index contributed by atoms with van der Waals surface area (Å²) < 4.78 is 22.6. The van der Waals surface area contributed by atoms with E-state index in [1.165, 1.54) is 0 Å². The van der Waals surface area contributed by atoms with Crippen molar-refractivity contribution in [2.45, 2.75) is 155 Å². The summed E-state index contributed by atoms with van der Waals surface area (Å²) in [5.74, 6) is -2.16. The van der Waals surface area contributed by atoms with E-state index in [1.54, 1.807) is 0 Å². The number of unbranched alkanes of at least 4 members (excludes halogenated alkanes) is 6. The fourth-order valence-corrected chi connectivity index (χ4v) is 5.62. The minimum Gasteiger partial charge on any atom is -0.477 e. The number of esters is 2. The SMILES string of the molecule is CC/C=C\C/C=C\C/C=C\C/C=C\C/C=C\C/C=C\CCC(=O)OC(COC(=O)CCCCCCCC/C=C\C/C=C\C/C=C\C/C=C\CC)COC(OCC[N+](C)(C)C)C(=O)O. The van der Waals surface area contributed by atoms with Crippen molar-refractivity contribution in [2.75, 3.05) is 47.5 Å². The summed E-state index contributed by atoms with van der Waals surface area (Å²) in [4.78, 5) is 37.2. The molecule has 0 aliphatic heterocycles. The van der Waals surface area contributed by atoms with Gasteiger partial charge in [0.25, 0.3) is 6.29 Å². The second-order valence-electron chi connectivity index (χ2n) is 16.3. The summed E-state index contributed by atoms with van der Waals surface area (Å²) in [6.07, 6.45) is 58.4. The van der Waals surface area contributed by atoms with Gasteiger partial charge in [-0.3, -0.25) is 9.59 Å². The van der Waals surface area contributed by atoms with Gasteiger partial charge < -0.3 is 28.5 Å². The highest BCUT2D eigenvalue weighted by molar-refractivity contribution is 5.71. The number of nitrogens with zero attached hydrogens (tertiary/aromatic N) is 1. The van der Waals surface area contributed by atoms with Gasteiger partial charge in [-0.05, 0) is 89.9 Å². The zero-order valence-electron chi connectivity index (χ0n) is 39.9. The van der Waals surface area contributed by atoms with E-state index in [4.69, 9.17) is 18.9 Å². The van der Waals surface area contributed by atoms with Crippen molar-refractivity contribution < 1.29 is 42.9 Å². The molecular weight excluding hydrogens is 791 g/mol. The summed E-state index contributed by atoms with van der Waals surface area (Å²) >= 11 is 0. The first-order valence-corrected chi connectivity index (χ1v) is 23.7. The lowest BCUT2D eigenvalue weighted by Crippen LogP contribution is -2.40. The topological polar surface area (TPSA) is 108 Å². The number of hydrogen-bond donors (Lipinski definition) is 1. The Morgan fingerprint density at radius 2 is 0.889 bits per heavy atom. The molecule has 0 rings (SSSR count). The second-order valence-corrected chi connectivity index (χ2v) is 16.3. The average Bonchev–Trinajstić information content (AvgIpc) is 3.24. The molecule has 0 saturated heterocycles. The van der Waals surface area contributed by atoms with Crippen molar-refractivity contribution in [2.24, 2.45) is 0 Å². The third-order valence-electron chi connectivity index (χ3n) is 9.23. The van der Waals surface area contributed by atoms with Crippen LogP contribution in [0, 0.1) is 0 Å². The Balaban J connectivity index is 4.58. The molecule has 0 amide bonds. The monoisotopic (exact) mass is 877 g/mol. The fourth-order valence-electron chi connectivity index (χ4n) is 5.62. The number of carboxylic acids is 1. The molecule has 9 nitrogen and oxygen atoms in total. The highest BCUT2D eigenvalue weighted by Gasteiger charge is 2.25. The van der Waals surface area contributed by atoms with Crippen LogP contribution in [0.25, 0.3) is 0 Å². The molecule has 0 aromatic carbocycles. The number of carbonyl (C=O) groups excluding carboxylic acids is 2. The number of allylic oxidation sites excluding steroid dienone is 20. The molecule has 2 atom stereocenters. The number of quaternary nitrogens is 1. The number of ether oxygens (including phenoxy) is 4. The van der Waals surface area contributed by atoms with Gasteiger partial charge in [0.2, 0.25) is 0 Å². The Morgan fingerprint density at radius 3 is 1.33 bits per heavy atom. The minimum absolute atomic E-state index is 0.123. The van der Waals surface area contributed by atoms with E-state index in [0.29, 0.717) is 23.9 Å². The number of carbonyl (C=O) groups is 3. The number of rotatable bonds is 41. The normalized spacial score (nSPS) is 14.0. The van der Waals surface area contributed by atoms with Crippen molar-refractivity contribution in [3.05, 3.63) is 122 Å². The van der Waals surface area contributed by atoms with Gasteiger partial charge in [-0.1, -0.05) is 161 Å². The van der Waals surface area contributed by atoms with Gasteiger partial charge in [0.15, 0.2) is 6.10 Å². The van der Waals surface area contributed by atoms with Gasteiger partial charge >= 0.3 is 17.9 Å². The molecular formula is C54H86NO8+. The van der Waals surface area contributed by atoms with Crippen LogP contribution in [0.15, 0.2) is 122 Å².